The minimum Gasteiger partial charge on any atom is -0.458 e. The molecule has 0 spiro atoms. The molecular weight excluding hydrogens is 1200 g/mol. The molecule has 12 amide bonds. The molecule has 0 saturated carbocycles. The lowest BCUT2D eigenvalue weighted by Crippen LogP contribution is -2.64. The van der Waals surface area contributed by atoms with E-state index in [2.05, 4.69) is 26.6 Å². The van der Waals surface area contributed by atoms with Crippen molar-refractivity contribution in [1.82, 2.24) is 60.9 Å². The fraction of sp³-hybridized carbons (Fsp3) is 0.773. The number of hydrogen-bond donors (Lipinski definition) is 6. The zero-order chi connectivity index (χ0) is 72.0. The minimum atomic E-state index is -1.75. The molecule has 0 unspecified atom stereocenters. The number of hydrogen-bond acceptors (Lipinski definition) is 15. The van der Waals surface area contributed by atoms with Crippen molar-refractivity contribution >= 4 is 76.9 Å². The molecule has 27 heteroatoms. The monoisotopic (exact) mass is 1320 g/mol. The lowest BCUT2D eigenvalue weighted by Gasteiger charge is -2.42. The number of rotatable bonds is 19. The Morgan fingerprint density at radius 3 is 1.43 bits per heavy atom. The van der Waals surface area contributed by atoms with E-state index >= 15 is 19.2 Å². The van der Waals surface area contributed by atoms with E-state index < -0.39 is 181 Å². The first-order valence-corrected chi connectivity index (χ1v) is 32.9. The van der Waals surface area contributed by atoms with Crippen LogP contribution in [0.25, 0.3) is 0 Å². The van der Waals surface area contributed by atoms with Crippen molar-refractivity contribution in [3.05, 3.63) is 12.2 Å². The van der Waals surface area contributed by atoms with Crippen LogP contribution in [0.1, 0.15) is 156 Å². The molecule has 0 bridgehead atoms. The summed E-state index contributed by atoms with van der Waals surface area (Å²) in [6, 6.07) is -13.0. The quantitative estimate of drug-likeness (QED) is 0.0795. The van der Waals surface area contributed by atoms with Crippen LogP contribution in [0, 0.1) is 41.4 Å². The minimum absolute atomic E-state index is 0.0610. The van der Waals surface area contributed by atoms with Gasteiger partial charge in [-0.15, -0.1) is 0 Å². The second-order valence-electron chi connectivity index (χ2n) is 27.5. The van der Waals surface area contributed by atoms with Crippen molar-refractivity contribution in [3.63, 3.8) is 0 Å². The van der Waals surface area contributed by atoms with Crippen molar-refractivity contribution in [1.29, 1.82) is 0 Å². The average molecular weight is 1320 g/mol. The number of nitrogens with zero attached hydrogens (tertiary/aromatic N) is 7. The SMILES string of the molecule is C/C=C/C[C@@H](C)[C@@H](OC(=O)CNC(=O)CN)[C@H]1C(=O)N[C@@H](CC)C(=O)N(C)CC(=O)N(C)[C@@H](CC(C)C)C(=O)N[C@@H](C(C)C)C(=O)N(C)[C@@H](CC(C)C)C(=O)N[C@@H](C)C(=O)N[C@@H](C)C(=O)N(C)[C@@H](CC(C)C)C(=O)N(C)[C@@H](CC(C)C)C(=O)N(C)[C@@H](C(C)C)C(=O)N1C. The molecule has 0 aliphatic carbocycles. The molecule has 12 atom stereocenters. The van der Waals surface area contributed by atoms with Crippen LogP contribution in [0.15, 0.2) is 12.2 Å². The third-order valence-electron chi connectivity index (χ3n) is 16.9. The Morgan fingerprint density at radius 2 is 0.968 bits per heavy atom. The van der Waals surface area contributed by atoms with Crippen LogP contribution < -0.4 is 32.3 Å². The van der Waals surface area contributed by atoms with Gasteiger partial charge in [-0.3, -0.25) is 62.3 Å². The molecule has 27 nitrogen and oxygen atoms in total. The smallest absolute Gasteiger partial charge is 0.325 e. The zero-order valence-corrected chi connectivity index (χ0v) is 60.3. The van der Waals surface area contributed by atoms with Crippen LogP contribution in [-0.2, 0) is 67.1 Å². The van der Waals surface area contributed by atoms with Crippen molar-refractivity contribution in [2.75, 3.05) is 69.0 Å². The average Bonchev–Trinajstić information content (AvgIpc) is 0.808. The number of carbonyl (C=O) groups is 13. The molecule has 1 saturated heterocycles. The molecule has 530 valence electrons. The van der Waals surface area contributed by atoms with Gasteiger partial charge in [-0.25, -0.2) is 0 Å². The lowest BCUT2D eigenvalue weighted by atomic mass is 9.91. The Balaban J connectivity index is 4.53. The van der Waals surface area contributed by atoms with Crippen molar-refractivity contribution < 1.29 is 67.1 Å². The van der Waals surface area contributed by atoms with Gasteiger partial charge >= 0.3 is 5.97 Å². The van der Waals surface area contributed by atoms with Crippen LogP contribution in [-0.4, -0.2) is 247 Å². The van der Waals surface area contributed by atoms with Gasteiger partial charge in [0.1, 0.15) is 73.1 Å². The van der Waals surface area contributed by atoms with Gasteiger partial charge in [0, 0.05) is 49.3 Å². The maximum Gasteiger partial charge on any atom is 0.325 e. The number of amides is 12. The first-order valence-electron chi connectivity index (χ1n) is 32.9. The summed E-state index contributed by atoms with van der Waals surface area (Å²) in [5.74, 6) is -12.3. The van der Waals surface area contributed by atoms with Crippen molar-refractivity contribution in [2.24, 2.45) is 47.2 Å². The van der Waals surface area contributed by atoms with E-state index in [0.29, 0.717) is 0 Å². The molecule has 1 heterocycles. The van der Waals surface area contributed by atoms with E-state index in [1.165, 1.54) is 87.7 Å². The highest BCUT2D eigenvalue weighted by Gasteiger charge is 2.47. The van der Waals surface area contributed by atoms with Crippen LogP contribution in [0.3, 0.4) is 0 Å². The predicted octanol–water partition coefficient (Wildman–Crippen LogP) is 1.89. The summed E-state index contributed by atoms with van der Waals surface area (Å²) in [6.45, 7) is 27.7. The highest BCUT2D eigenvalue weighted by Crippen LogP contribution is 2.27. The number of likely N-dealkylation sites (N-methyl/N-ethyl adjacent to an activating group) is 7. The molecule has 0 radical (unpaired) electrons. The molecule has 0 aromatic rings. The topological polar surface area (TPSA) is 340 Å². The summed E-state index contributed by atoms with van der Waals surface area (Å²) < 4.78 is 6.07. The molecule has 1 rings (SSSR count). The summed E-state index contributed by atoms with van der Waals surface area (Å²) in [5.41, 5.74) is 5.50. The van der Waals surface area contributed by atoms with Crippen molar-refractivity contribution in [3.8, 4) is 0 Å². The summed E-state index contributed by atoms with van der Waals surface area (Å²) >= 11 is 0. The first-order chi connectivity index (χ1) is 43.0. The van der Waals surface area contributed by atoms with Gasteiger partial charge < -0.3 is 71.4 Å². The van der Waals surface area contributed by atoms with Gasteiger partial charge in [0.05, 0.1) is 13.1 Å². The van der Waals surface area contributed by atoms with Gasteiger partial charge in [-0.2, -0.15) is 0 Å². The van der Waals surface area contributed by atoms with Crippen LogP contribution in [0.2, 0.25) is 0 Å². The normalized spacial score (nSPS) is 25.5. The molecule has 1 aliphatic heterocycles. The van der Waals surface area contributed by atoms with Gasteiger partial charge in [0.2, 0.25) is 70.9 Å². The van der Waals surface area contributed by atoms with E-state index in [1.807, 2.05) is 55.4 Å². The van der Waals surface area contributed by atoms with Crippen LogP contribution in [0.5, 0.6) is 0 Å². The second kappa shape index (κ2) is 38.9. The fourth-order valence-electron chi connectivity index (χ4n) is 11.3. The Kier molecular flexibility index (Phi) is 35.0. The molecule has 93 heavy (non-hydrogen) atoms. The number of allylic oxidation sites excluding steroid dienone is 2. The van der Waals surface area contributed by atoms with E-state index in [1.54, 1.807) is 60.6 Å². The summed E-state index contributed by atoms with van der Waals surface area (Å²) in [5, 5.41) is 13.3. The molecular formula is C66H117N13O14. The summed E-state index contributed by atoms with van der Waals surface area (Å²) in [4.78, 5) is 197. The Hall–Kier alpha value is -7.19. The van der Waals surface area contributed by atoms with Crippen molar-refractivity contribution in [2.45, 2.75) is 223 Å². The first kappa shape index (κ1) is 83.8. The molecule has 7 N–H and O–H groups in total. The highest BCUT2D eigenvalue weighted by molar-refractivity contribution is 6.00. The maximum atomic E-state index is 15.6. The third kappa shape index (κ3) is 24.6. The van der Waals surface area contributed by atoms with Gasteiger partial charge in [-0.1, -0.05) is 109 Å². The number of nitrogens with one attached hydrogen (secondary N) is 5. The Morgan fingerprint density at radius 1 is 0.527 bits per heavy atom. The third-order valence-corrected chi connectivity index (χ3v) is 16.9. The standard InChI is InChI=1S/C66H117N13O14/c1-25-27-28-42(15)56(93-52(82)34-68-50(80)33-67)55-60(86)71-45(26-2)62(88)73(18)35-51(81)74(19)46(29-36(3)4)59(85)72-53(40(11)12)65(91)75(20)47(30-37(5)6)58(84)69-43(16)57(83)70-44(17)61(87)76(21)48(31-38(7)8)63(89)77(22)49(32-39(9)10)64(90)78(23)54(41(13)14)66(92)79(55)24/h25,27,36-49,53-56H,26,28-35,67H2,1-24H3,(H,68,80)(H,69,84)(H,70,83)(H,71,86)(H,72,85)/b27-25+/t42-,43+,44+,45+,46+,47+,48+,49+,53+,54+,55+,56-/m1/s1. The Bertz CT molecular complexity index is 2610. The number of esters is 1. The Labute approximate surface area is 553 Å². The van der Waals surface area contributed by atoms with Gasteiger partial charge in [0.15, 0.2) is 0 Å². The molecule has 0 aromatic carbocycles. The largest absolute Gasteiger partial charge is 0.458 e. The predicted molar refractivity (Wildman–Crippen MR) is 354 cm³/mol. The summed E-state index contributed by atoms with van der Waals surface area (Å²) in [6.07, 6.45) is 2.60. The van der Waals surface area contributed by atoms with E-state index in [9.17, 15) is 43.2 Å². The van der Waals surface area contributed by atoms with Gasteiger partial charge in [0.25, 0.3) is 0 Å². The summed E-state index contributed by atoms with van der Waals surface area (Å²) in [7, 11) is 9.70. The van der Waals surface area contributed by atoms with Crippen LogP contribution >= 0.6 is 0 Å². The van der Waals surface area contributed by atoms with Gasteiger partial charge in [-0.05, 0) is 101 Å². The van der Waals surface area contributed by atoms with E-state index in [0.717, 1.165) is 9.80 Å². The van der Waals surface area contributed by atoms with E-state index in [-0.39, 0.29) is 62.2 Å². The number of carbonyl (C=O) groups excluding carboxylic acids is 13. The van der Waals surface area contributed by atoms with E-state index in [4.69, 9.17) is 10.5 Å². The number of ether oxygens (including phenoxy) is 1. The fourth-order valence-corrected chi connectivity index (χ4v) is 11.3. The maximum absolute atomic E-state index is 15.6. The lowest BCUT2D eigenvalue weighted by molar-refractivity contribution is -0.165. The second-order valence-corrected chi connectivity index (χ2v) is 27.5. The van der Waals surface area contributed by atoms with Crippen LogP contribution in [0.4, 0.5) is 0 Å². The molecule has 1 aliphatic rings. The zero-order valence-electron chi connectivity index (χ0n) is 60.3. The number of nitrogens with two attached hydrogens (primary N) is 1. The highest BCUT2D eigenvalue weighted by atomic mass is 16.5. The molecule has 1 fully saturated rings. The molecule has 0 aromatic heterocycles.